The highest BCUT2D eigenvalue weighted by atomic mass is 16.2. The lowest BCUT2D eigenvalue weighted by Crippen LogP contribution is -2.46. The van der Waals surface area contributed by atoms with Crippen molar-refractivity contribution < 1.29 is 9.59 Å². The van der Waals surface area contributed by atoms with Crippen LogP contribution in [0.4, 0.5) is 0 Å². The van der Waals surface area contributed by atoms with E-state index in [0.29, 0.717) is 36.5 Å². The second-order valence-electron chi connectivity index (χ2n) is 5.74. The molecule has 0 aliphatic carbocycles. The molecule has 8 nitrogen and oxygen atoms in total. The lowest BCUT2D eigenvalue weighted by molar-refractivity contribution is -0.124. The zero-order valence-electron chi connectivity index (χ0n) is 13.4. The molecule has 1 aromatic heterocycles. The number of nitrogens with zero attached hydrogens (tertiary/aromatic N) is 3. The van der Waals surface area contributed by atoms with Gasteiger partial charge in [0.2, 0.25) is 5.91 Å². The number of likely N-dealkylation sites (tertiary alicyclic amines) is 1. The standard InChI is InChI=1S/C16H20N6O2/c1-2-18-15(23)13-7-10(17)8-22(13)16(24)12-6-4-3-5-11(12)14-19-9-20-21-14/h3-6,9-10,13H,2,7-8,17H2,1H3,(H,18,23)(H,19,20,21). The summed E-state index contributed by atoms with van der Waals surface area (Å²) in [6, 6.07) is 6.37. The average molecular weight is 328 g/mol. The van der Waals surface area contributed by atoms with E-state index in [1.54, 1.807) is 23.1 Å². The maximum Gasteiger partial charge on any atom is 0.255 e. The molecule has 2 unspecified atom stereocenters. The van der Waals surface area contributed by atoms with Crippen molar-refractivity contribution in [1.82, 2.24) is 25.4 Å². The molecule has 2 aromatic rings. The van der Waals surface area contributed by atoms with Gasteiger partial charge in [-0.1, -0.05) is 18.2 Å². The normalized spacial score (nSPS) is 20.2. The molecule has 1 aliphatic rings. The minimum absolute atomic E-state index is 0.170. The zero-order chi connectivity index (χ0) is 17.1. The van der Waals surface area contributed by atoms with Crippen LogP contribution in [0.1, 0.15) is 23.7 Å². The molecule has 1 aliphatic heterocycles. The van der Waals surface area contributed by atoms with E-state index in [4.69, 9.17) is 5.73 Å². The minimum Gasteiger partial charge on any atom is -0.355 e. The van der Waals surface area contributed by atoms with Crippen LogP contribution in [0.25, 0.3) is 11.4 Å². The number of carbonyl (C=O) groups excluding carboxylic acids is 2. The molecule has 8 heteroatoms. The summed E-state index contributed by atoms with van der Waals surface area (Å²) in [5.74, 6) is 0.110. The summed E-state index contributed by atoms with van der Waals surface area (Å²) in [6.45, 7) is 2.71. The van der Waals surface area contributed by atoms with Crippen molar-refractivity contribution in [2.45, 2.75) is 25.4 Å². The largest absolute Gasteiger partial charge is 0.355 e. The van der Waals surface area contributed by atoms with Crippen molar-refractivity contribution in [3.05, 3.63) is 36.2 Å². The lowest BCUT2D eigenvalue weighted by Gasteiger charge is -2.24. The summed E-state index contributed by atoms with van der Waals surface area (Å²) >= 11 is 0. The monoisotopic (exact) mass is 328 g/mol. The summed E-state index contributed by atoms with van der Waals surface area (Å²) in [5, 5.41) is 9.37. The molecular formula is C16H20N6O2. The van der Waals surface area contributed by atoms with Crippen LogP contribution in [0.5, 0.6) is 0 Å². The van der Waals surface area contributed by atoms with Crippen LogP contribution in [0, 0.1) is 0 Å². The van der Waals surface area contributed by atoms with Crippen LogP contribution in [0.15, 0.2) is 30.6 Å². The third-order valence-electron chi connectivity index (χ3n) is 4.08. The molecule has 4 N–H and O–H groups in total. The van der Waals surface area contributed by atoms with Gasteiger partial charge in [0.1, 0.15) is 12.4 Å². The second kappa shape index (κ2) is 6.79. The minimum atomic E-state index is -0.546. The van der Waals surface area contributed by atoms with Crippen LogP contribution >= 0.6 is 0 Å². The van der Waals surface area contributed by atoms with Gasteiger partial charge in [-0.05, 0) is 19.4 Å². The predicted molar refractivity (Wildman–Crippen MR) is 87.9 cm³/mol. The number of aromatic amines is 1. The van der Waals surface area contributed by atoms with Gasteiger partial charge in [0, 0.05) is 24.7 Å². The molecule has 2 heterocycles. The van der Waals surface area contributed by atoms with Crippen LogP contribution in [0.2, 0.25) is 0 Å². The number of hydrogen-bond donors (Lipinski definition) is 3. The number of hydrogen-bond acceptors (Lipinski definition) is 5. The number of rotatable bonds is 4. The summed E-state index contributed by atoms with van der Waals surface area (Å²) in [4.78, 5) is 31.0. The Morgan fingerprint density at radius 1 is 1.42 bits per heavy atom. The fourth-order valence-corrected chi connectivity index (χ4v) is 3.00. The van der Waals surface area contributed by atoms with Crippen molar-refractivity contribution in [2.24, 2.45) is 5.73 Å². The molecule has 3 rings (SSSR count). The van der Waals surface area contributed by atoms with E-state index in [-0.39, 0.29) is 17.9 Å². The Kier molecular flexibility index (Phi) is 4.57. The van der Waals surface area contributed by atoms with Crippen molar-refractivity contribution in [3.8, 4) is 11.4 Å². The zero-order valence-corrected chi connectivity index (χ0v) is 13.4. The van der Waals surface area contributed by atoms with E-state index in [0.717, 1.165) is 0 Å². The molecular weight excluding hydrogens is 308 g/mol. The van der Waals surface area contributed by atoms with E-state index in [1.165, 1.54) is 6.33 Å². The third-order valence-corrected chi connectivity index (χ3v) is 4.08. The summed E-state index contributed by atoms with van der Waals surface area (Å²) in [5.41, 5.74) is 7.11. The van der Waals surface area contributed by atoms with Crippen molar-refractivity contribution in [3.63, 3.8) is 0 Å². The summed E-state index contributed by atoms with van der Waals surface area (Å²) < 4.78 is 0. The highest BCUT2D eigenvalue weighted by Gasteiger charge is 2.38. The van der Waals surface area contributed by atoms with Gasteiger partial charge < -0.3 is 16.0 Å². The molecule has 1 aromatic carbocycles. The van der Waals surface area contributed by atoms with Gasteiger partial charge in [-0.2, -0.15) is 5.10 Å². The molecule has 0 radical (unpaired) electrons. The van der Waals surface area contributed by atoms with Crippen LogP contribution < -0.4 is 11.1 Å². The number of aromatic nitrogens is 3. The van der Waals surface area contributed by atoms with Gasteiger partial charge in [0.05, 0.1) is 5.56 Å². The van der Waals surface area contributed by atoms with E-state index in [1.807, 2.05) is 13.0 Å². The van der Waals surface area contributed by atoms with Crippen LogP contribution in [-0.2, 0) is 4.79 Å². The maximum absolute atomic E-state index is 13.1. The molecule has 126 valence electrons. The summed E-state index contributed by atoms with van der Waals surface area (Å²) in [6.07, 6.45) is 1.85. The van der Waals surface area contributed by atoms with Crippen molar-refractivity contribution in [2.75, 3.05) is 13.1 Å². The number of H-pyrrole nitrogens is 1. The number of amides is 2. The Morgan fingerprint density at radius 3 is 2.92 bits per heavy atom. The van der Waals surface area contributed by atoms with E-state index >= 15 is 0 Å². The van der Waals surface area contributed by atoms with E-state index in [9.17, 15) is 9.59 Å². The number of likely N-dealkylation sites (N-methyl/N-ethyl adjacent to an activating group) is 1. The number of benzene rings is 1. The van der Waals surface area contributed by atoms with Gasteiger partial charge in [0.15, 0.2) is 5.82 Å². The smallest absolute Gasteiger partial charge is 0.255 e. The maximum atomic E-state index is 13.1. The topological polar surface area (TPSA) is 117 Å². The van der Waals surface area contributed by atoms with Gasteiger partial charge in [-0.3, -0.25) is 14.7 Å². The Bertz CT molecular complexity index is 730. The Hall–Kier alpha value is -2.74. The second-order valence-corrected chi connectivity index (χ2v) is 5.74. The lowest BCUT2D eigenvalue weighted by atomic mass is 10.0. The van der Waals surface area contributed by atoms with E-state index < -0.39 is 6.04 Å². The SMILES string of the molecule is CCNC(=O)C1CC(N)CN1C(=O)c1ccccc1-c1ncn[nH]1. The quantitative estimate of drug-likeness (QED) is 0.738. The van der Waals surface area contributed by atoms with Gasteiger partial charge in [-0.15, -0.1) is 0 Å². The first-order valence-electron chi connectivity index (χ1n) is 7.90. The Labute approximate surface area is 139 Å². The molecule has 1 saturated heterocycles. The number of nitrogens with one attached hydrogen (secondary N) is 2. The predicted octanol–water partition coefficient (Wildman–Crippen LogP) is 0.150. The summed E-state index contributed by atoms with van der Waals surface area (Å²) in [7, 11) is 0. The molecule has 2 amide bonds. The first-order chi connectivity index (χ1) is 11.6. The molecule has 1 fully saturated rings. The van der Waals surface area contributed by atoms with E-state index in [2.05, 4.69) is 20.5 Å². The highest BCUT2D eigenvalue weighted by molar-refractivity contribution is 6.02. The van der Waals surface area contributed by atoms with Crippen LogP contribution in [-0.4, -0.2) is 57.1 Å². The molecule has 0 spiro atoms. The highest BCUT2D eigenvalue weighted by Crippen LogP contribution is 2.25. The fourth-order valence-electron chi connectivity index (χ4n) is 3.00. The first-order valence-corrected chi connectivity index (χ1v) is 7.90. The van der Waals surface area contributed by atoms with Crippen molar-refractivity contribution >= 4 is 11.8 Å². The molecule has 0 saturated carbocycles. The first kappa shape index (κ1) is 16.1. The molecule has 2 atom stereocenters. The Morgan fingerprint density at radius 2 is 2.21 bits per heavy atom. The fraction of sp³-hybridized carbons (Fsp3) is 0.375. The molecule has 24 heavy (non-hydrogen) atoms. The third kappa shape index (κ3) is 3.00. The van der Waals surface area contributed by atoms with Gasteiger partial charge in [0.25, 0.3) is 5.91 Å². The Balaban J connectivity index is 1.92. The molecule has 0 bridgehead atoms. The van der Waals surface area contributed by atoms with Crippen LogP contribution in [0.3, 0.4) is 0 Å². The van der Waals surface area contributed by atoms with Crippen molar-refractivity contribution in [1.29, 1.82) is 0 Å². The van der Waals surface area contributed by atoms with Gasteiger partial charge in [-0.25, -0.2) is 4.98 Å². The van der Waals surface area contributed by atoms with Gasteiger partial charge >= 0.3 is 0 Å². The average Bonchev–Trinajstić information content (AvgIpc) is 3.24. The number of carbonyl (C=O) groups is 2. The number of nitrogens with two attached hydrogens (primary N) is 1.